The van der Waals surface area contributed by atoms with E-state index in [2.05, 4.69) is 24.3 Å². The topological polar surface area (TPSA) is 47.6 Å². The van der Waals surface area contributed by atoms with E-state index < -0.39 is 0 Å². The molecule has 0 saturated heterocycles. The fraction of sp³-hybridized carbons (Fsp3) is 0.0833. The van der Waals surface area contributed by atoms with Gasteiger partial charge in [0, 0.05) is 0 Å². The molecule has 122 valence electrons. The van der Waals surface area contributed by atoms with E-state index in [1.165, 1.54) is 0 Å². The van der Waals surface area contributed by atoms with Crippen LogP contribution in [0.25, 0.3) is 21.5 Å². The lowest BCUT2D eigenvalue weighted by molar-refractivity contribution is 0.956. The van der Waals surface area contributed by atoms with Crippen LogP contribution < -0.4 is 0 Å². The van der Waals surface area contributed by atoms with Gasteiger partial charge in [-0.05, 0) is 45.5 Å². The highest BCUT2D eigenvalue weighted by Crippen LogP contribution is 2.26. The molecule has 0 heterocycles. The fourth-order valence-corrected chi connectivity index (χ4v) is 3.58. The van der Waals surface area contributed by atoms with E-state index in [4.69, 9.17) is 0 Å². The summed E-state index contributed by atoms with van der Waals surface area (Å²) in [5.41, 5.74) is 3.54. The van der Waals surface area contributed by atoms with Gasteiger partial charge in [-0.1, -0.05) is 72.8 Å². The molecule has 4 aromatic rings. The lowest BCUT2D eigenvalue weighted by Gasteiger charge is -2.10. The molecule has 4 rings (SSSR count). The van der Waals surface area contributed by atoms with Crippen LogP contribution in [0.2, 0.25) is 0 Å². The van der Waals surface area contributed by atoms with Gasteiger partial charge in [0.25, 0.3) is 0 Å². The van der Waals surface area contributed by atoms with Crippen molar-refractivity contribution in [3.63, 3.8) is 0 Å². The van der Waals surface area contributed by atoms with Gasteiger partial charge in [-0.25, -0.2) is 0 Å². The molecular formula is C24H16N2. The molecule has 4 aromatic carbocycles. The predicted octanol–water partition coefficient (Wildman–Crippen LogP) is 5.52. The summed E-state index contributed by atoms with van der Waals surface area (Å²) < 4.78 is 0. The molecule has 0 aromatic heterocycles. The van der Waals surface area contributed by atoms with Gasteiger partial charge >= 0.3 is 0 Å². The Kier molecular flexibility index (Phi) is 4.10. The summed E-state index contributed by atoms with van der Waals surface area (Å²) in [5.74, 6) is 0. The van der Waals surface area contributed by atoms with Gasteiger partial charge in [-0.3, -0.25) is 0 Å². The summed E-state index contributed by atoms with van der Waals surface area (Å²) in [6.45, 7) is 0. The Balaban J connectivity index is 1.72. The number of fused-ring (bicyclic) bond motifs is 2. The molecular weight excluding hydrogens is 316 g/mol. The van der Waals surface area contributed by atoms with Crippen molar-refractivity contribution in [1.82, 2.24) is 0 Å². The molecule has 0 aliphatic heterocycles. The first-order valence-electron chi connectivity index (χ1n) is 8.63. The molecule has 0 aliphatic carbocycles. The first-order chi connectivity index (χ1) is 12.8. The van der Waals surface area contributed by atoms with Crippen LogP contribution in [0.1, 0.15) is 22.3 Å². The third-order valence-corrected chi connectivity index (χ3v) is 4.92. The fourth-order valence-electron chi connectivity index (χ4n) is 3.58. The monoisotopic (exact) mass is 332 g/mol. The predicted molar refractivity (Wildman–Crippen MR) is 105 cm³/mol. The normalized spacial score (nSPS) is 10.5. The third-order valence-electron chi connectivity index (χ3n) is 4.92. The molecule has 0 atom stereocenters. The highest BCUT2D eigenvalue weighted by Gasteiger charge is 2.10. The summed E-state index contributed by atoms with van der Waals surface area (Å²) in [7, 11) is 0. The van der Waals surface area contributed by atoms with Crippen LogP contribution in [-0.2, 0) is 12.8 Å². The zero-order chi connectivity index (χ0) is 17.9. The molecule has 0 amide bonds. The van der Waals surface area contributed by atoms with Crippen LogP contribution in [-0.4, -0.2) is 0 Å². The SMILES string of the molecule is N#Cc1c(CCc2ccc3ccccc3c2C#N)ccc2ccccc12. The zero-order valence-corrected chi connectivity index (χ0v) is 14.2. The number of nitriles is 2. The summed E-state index contributed by atoms with van der Waals surface area (Å²) >= 11 is 0. The third kappa shape index (κ3) is 2.69. The summed E-state index contributed by atoms with van der Waals surface area (Å²) in [5, 5.41) is 23.5. The number of hydrogen-bond donors (Lipinski definition) is 0. The quantitative estimate of drug-likeness (QED) is 0.496. The Morgan fingerprint density at radius 1 is 0.538 bits per heavy atom. The van der Waals surface area contributed by atoms with Gasteiger partial charge in [-0.2, -0.15) is 10.5 Å². The largest absolute Gasteiger partial charge is 0.192 e. The molecule has 26 heavy (non-hydrogen) atoms. The average Bonchev–Trinajstić information content (AvgIpc) is 2.71. The Morgan fingerprint density at radius 3 is 1.38 bits per heavy atom. The smallest absolute Gasteiger partial charge is 0.100 e. The van der Waals surface area contributed by atoms with Crippen molar-refractivity contribution in [2.75, 3.05) is 0 Å². The lowest BCUT2D eigenvalue weighted by atomic mass is 9.92. The molecule has 0 fully saturated rings. The second-order valence-corrected chi connectivity index (χ2v) is 6.37. The molecule has 0 spiro atoms. The van der Waals surface area contributed by atoms with Gasteiger partial charge in [0.15, 0.2) is 0 Å². The van der Waals surface area contributed by atoms with Crippen LogP contribution in [0.15, 0.2) is 72.8 Å². The summed E-state index contributed by atoms with van der Waals surface area (Å²) in [6, 6.07) is 28.9. The minimum Gasteiger partial charge on any atom is -0.192 e. The Hall–Kier alpha value is -3.62. The van der Waals surface area contributed by atoms with E-state index in [1.807, 2.05) is 60.7 Å². The molecule has 0 saturated carbocycles. The van der Waals surface area contributed by atoms with E-state index >= 15 is 0 Å². The second kappa shape index (κ2) is 6.71. The summed E-state index contributed by atoms with van der Waals surface area (Å²) in [4.78, 5) is 0. The second-order valence-electron chi connectivity index (χ2n) is 6.37. The van der Waals surface area contributed by atoms with Crippen LogP contribution >= 0.6 is 0 Å². The Bertz CT molecular complexity index is 1110. The maximum Gasteiger partial charge on any atom is 0.100 e. The van der Waals surface area contributed by atoms with Crippen molar-refractivity contribution in [3.8, 4) is 12.1 Å². The van der Waals surface area contributed by atoms with Gasteiger partial charge in [0.05, 0.1) is 11.1 Å². The van der Waals surface area contributed by atoms with Crippen LogP contribution in [0, 0.1) is 22.7 Å². The van der Waals surface area contributed by atoms with Crippen LogP contribution in [0.5, 0.6) is 0 Å². The Morgan fingerprint density at radius 2 is 0.962 bits per heavy atom. The van der Waals surface area contributed by atoms with Crippen molar-refractivity contribution in [2.45, 2.75) is 12.8 Å². The van der Waals surface area contributed by atoms with Gasteiger partial charge in [0.1, 0.15) is 12.1 Å². The van der Waals surface area contributed by atoms with Gasteiger partial charge in [0.2, 0.25) is 0 Å². The maximum atomic E-state index is 9.65. The first kappa shape index (κ1) is 15.9. The van der Waals surface area contributed by atoms with Crippen LogP contribution in [0.3, 0.4) is 0 Å². The molecule has 2 nitrogen and oxygen atoms in total. The lowest BCUT2D eigenvalue weighted by Crippen LogP contribution is -1.98. The minimum atomic E-state index is 0.737. The first-order valence-corrected chi connectivity index (χ1v) is 8.63. The molecule has 0 radical (unpaired) electrons. The molecule has 0 bridgehead atoms. The molecule has 0 N–H and O–H groups in total. The summed E-state index contributed by atoms with van der Waals surface area (Å²) in [6.07, 6.45) is 1.47. The van der Waals surface area contributed by atoms with Gasteiger partial charge in [-0.15, -0.1) is 0 Å². The number of rotatable bonds is 3. The van der Waals surface area contributed by atoms with Crippen molar-refractivity contribution in [1.29, 1.82) is 10.5 Å². The number of nitrogens with zero attached hydrogens (tertiary/aromatic N) is 2. The Labute approximate surface area is 152 Å². The van der Waals surface area contributed by atoms with E-state index in [1.54, 1.807) is 0 Å². The minimum absolute atomic E-state index is 0.737. The zero-order valence-electron chi connectivity index (χ0n) is 14.2. The number of aryl methyl sites for hydroxylation is 2. The highest BCUT2D eigenvalue weighted by atomic mass is 14.3. The van der Waals surface area contributed by atoms with Crippen molar-refractivity contribution < 1.29 is 0 Å². The molecule has 0 aliphatic rings. The van der Waals surface area contributed by atoms with E-state index in [0.29, 0.717) is 0 Å². The molecule has 2 heteroatoms. The van der Waals surface area contributed by atoms with Crippen LogP contribution in [0.4, 0.5) is 0 Å². The van der Waals surface area contributed by atoms with Crippen molar-refractivity contribution >= 4 is 21.5 Å². The van der Waals surface area contributed by atoms with E-state index in [0.717, 1.165) is 56.6 Å². The highest BCUT2D eigenvalue weighted by molar-refractivity contribution is 5.90. The standard InChI is InChI=1S/C24H16N2/c25-15-23-19(11-9-17-5-1-3-7-21(17)23)13-14-20-12-10-18-6-2-4-8-22(18)24(20)16-26/h1-12H,13-14H2. The number of benzene rings is 4. The van der Waals surface area contributed by atoms with Crippen molar-refractivity contribution in [3.05, 3.63) is 95.1 Å². The number of hydrogen-bond acceptors (Lipinski definition) is 2. The van der Waals surface area contributed by atoms with E-state index in [9.17, 15) is 10.5 Å². The van der Waals surface area contributed by atoms with Gasteiger partial charge < -0.3 is 0 Å². The van der Waals surface area contributed by atoms with E-state index in [-0.39, 0.29) is 0 Å². The molecule has 0 unspecified atom stereocenters. The maximum absolute atomic E-state index is 9.65. The average molecular weight is 332 g/mol. The van der Waals surface area contributed by atoms with Crippen molar-refractivity contribution in [2.24, 2.45) is 0 Å².